The molecule has 0 saturated carbocycles. The second-order valence-electron chi connectivity index (χ2n) is 5.07. The Labute approximate surface area is 101 Å². The lowest BCUT2D eigenvalue weighted by molar-refractivity contribution is 0.0926. The molecule has 17 heavy (non-hydrogen) atoms. The zero-order valence-electron chi connectivity index (χ0n) is 10.2. The lowest BCUT2D eigenvalue weighted by Crippen LogP contribution is -2.19. The summed E-state index contributed by atoms with van der Waals surface area (Å²) in [5.74, 6) is 0.251. The minimum Gasteiger partial charge on any atom is -0.388 e. The fourth-order valence-electron chi connectivity index (χ4n) is 2.70. The zero-order valence-corrected chi connectivity index (χ0v) is 10.2. The van der Waals surface area contributed by atoms with Gasteiger partial charge in [0, 0.05) is 11.8 Å². The molecule has 0 amide bonds. The highest BCUT2D eigenvalue weighted by molar-refractivity contribution is 5.17. The number of nitrogens with zero attached hydrogens (tertiary/aromatic N) is 1. The third-order valence-corrected chi connectivity index (χ3v) is 3.34. The third-order valence-electron chi connectivity index (χ3n) is 3.34. The van der Waals surface area contributed by atoms with Gasteiger partial charge in [-0.1, -0.05) is 18.6 Å². The first kappa shape index (κ1) is 12.2. The molecule has 92 valence electrons. The Morgan fingerprint density at radius 2 is 2.24 bits per heavy atom. The molecule has 0 fully saturated rings. The summed E-state index contributed by atoms with van der Waals surface area (Å²) in [5, 5.41) is 10.3. The van der Waals surface area contributed by atoms with Crippen molar-refractivity contribution in [2.24, 2.45) is 11.8 Å². The summed E-state index contributed by atoms with van der Waals surface area (Å²) in [7, 11) is 0. The van der Waals surface area contributed by atoms with Crippen LogP contribution in [0.1, 0.15) is 38.4 Å². The summed E-state index contributed by atoms with van der Waals surface area (Å²) in [5.41, 5.74) is 1.88. The molecule has 2 rings (SSSR count). The van der Waals surface area contributed by atoms with Crippen LogP contribution in [0, 0.1) is 17.7 Å². The molecule has 0 bridgehead atoms. The summed E-state index contributed by atoms with van der Waals surface area (Å²) >= 11 is 0. The summed E-state index contributed by atoms with van der Waals surface area (Å²) in [6.45, 7) is 4.23. The van der Waals surface area contributed by atoms with Gasteiger partial charge < -0.3 is 5.11 Å². The molecule has 0 radical (unpaired) electrons. The molecule has 2 nitrogen and oxygen atoms in total. The minimum atomic E-state index is -0.621. The van der Waals surface area contributed by atoms with E-state index >= 15 is 0 Å². The number of allylic oxidation sites excluding steroid dienone is 2. The molecule has 3 atom stereocenters. The van der Waals surface area contributed by atoms with Gasteiger partial charge in [0.1, 0.15) is 5.82 Å². The number of rotatable bonds is 2. The highest BCUT2D eigenvalue weighted by Gasteiger charge is 2.26. The van der Waals surface area contributed by atoms with Crippen molar-refractivity contribution in [1.29, 1.82) is 0 Å². The van der Waals surface area contributed by atoms with Crippen LogP contribution in [0.5, 0.6) is 0 Å². The number of pyridine rings is 1. The third kappa shape index (κ3) is 2.91. The highest BCUT2D eigenvalue weighted by Crippen LogP contribution is 2.36. The van der Waals surface area contributed by atoms with Gasteiger partial charge in [0.2, 0.25) is 0 Å². The quantitative estimate of drug-likeness (QED) is 0.798. The van der Waals surface area contributed by atoms with Crippen LogP contribution in [0.15, 0.2) is 30.1 Å². The van der Waals surface area contributed by atoms with Crippen LogP contribution in [0.2, 0.25) is 0 Å². The average Bonchev–Trinajstić information content (AvgIpc) is 2.26. The summed E-state index contributed by atoms with van der Waals surface area (Å²) in [6.07, 6.45) is 6.14. The van der Waals surface area contributed by atoms with Gasteiger partial charge in [0.05, 0.1) is 12.3 Å². The van der Waals surface area contributed by atoms with E-state index in [-0.39, 0.29) is 5.92 Å². The zero-order chi connectivity index (χ0) is 12.4. The fourth-order valence-corrected chi connectivity index (χ4v) is 2.70. The van der Waals surface area contributed by atoms with E-state index in [0.717, 1.165) is 19.0 Å². The molecular formula is C14H18FNO. The molecule has 3 heteroatoms. The highest BCUT2D eigenvalue weighted by atomic mass is 19.1. The van der Waals surface area contributed by atoms with Crippen LogP contribution in [0.4, 0.5) is 4.39 Å². The summed E-state index contributed by atoms with van der Waals surface area (Å²) in [4.78, 5) is 3.79. The summed E-state index contributed by atoms with van der Waals surface area (Å²) in [6, 6.07) is 1.37. The molecule has 0 aliphatic heterocycles. The summed E-state index contributed by atoms with van der Waals surface area (Å²) < 4.78 is 13.1. The van der Waals surface area contributed by atoms with E-state index in [1.807, 2.05) is 0 Å². The largest absolute Gasteiger partial charge is 0.388 e. The van der Waals surface area contributed by atoms with Gasteiger partial charge in [-0.3, -0.25) is 4.98 Å². The number of hydrogen-bond acceptors (Lipinski definition) is 2. The molecule has 1 aliphatic carbocycles. The second-order valence-corrected chi connectivity index (χ2v) is 5.07. The van der Waals surface area contributed by atoms with E-state index in [1.165, 1.54) is 11.6 Å². The molecule has 1 heterocycles. The van der Waals surface area contributed by atoms with E-state index in [2.05, 4.69) is 24.9 Å². The van der Waals surface area contributed by atoms with Crippen molar-refractivity contribution in [3.63, 3.8) is 0 Å². The first-order chi connectivity index (χ1) is 8.06. The molecule has 1 N–H and O–H groups in total. The Kier molecular flexibility index (Phi) is 3.57. The minimum absolute atomic E-state index is 0.165. The number of aliphatic hydroxyl groups excluding tert-OH is 1. The number of halogens is 1. The molecule has 1 aromatic heterocycles. The standard InChI is InChI=1S/C14H18FNO/c1-9-3-10(2)5-11(4-9)14(17)12-6-13(15)8-16-7-12/h3,6-9,11,14,17H,4-5H2,1-2H3. The van der Waals surface area contributed by atoms with Crippen molar-refractivity contribution in [2.45, 2.75) is 32.8 Å². The lowest BCUT2D eigenvalue weighted by atomic mass is 9.79. The van der Waals surface area contributed by atoms with Crippen LogP contribution in [0.25, 0.3) is 0 Å². The maximum Gasteiger partial charge on any atom is 0.141 e. The molecule has 1 aromatic rings. The van der Waals surface area contributed by atoms with Crippen LogP contribution in [0.3, 0.4) is 0 Å². The van der Waals surface area contributed by atoms with E-state index in [0.29, 0.717) is 11.5 Å². The van der Waals surface area contributed by atoms with Crippen LogP contribution in [-0.2, 0) is 0 Å². The topological polar surface area (TPSA) is 33.1 Å². The molecule has 0 aromatic carbocycles. The van der Waals surface area contributed by atoms with Crippen molar-refractivity contribution >= 4 is 0 Å². The predicted octanol–water partition coefficient (Wildman–Crippen LogP) is 3.25. The Morgan fingerprint density at radius 3 is 2.88 bits per heavy atom. The van der Waals surface area contributed by atoms with E-state index in [1.54, 1.807) is 6.20 Å². The van der Waals surface area contributed by atoms with Gasteiger partial charge >= 0.3 is 0 Å². The van der Waals surface area contributed by atoms with Crippen LogP contribution in [-0.4, -0.2) is 10.1 Å². The average molecular weight is 235 g/mol. The van der Waals surface area contributed by atoms with Crippen LogP contribution < -0.4 is 0 Å². The molecule has 3 unspecified atom stereocenters. The SMILES string of the molecule is CC1=CC(C)CC(C(O)c2cncc(F)c2)C1. The maximum absolute atomic E-state index is 13.1. The van der Waals surface area contributed by atoms with Crippen molar-refractivity contribution < 1.29 is 9.50 Å². The van der Waals surface area contributed by atoms with E-state index in [9.17, 15) is 9.50 Å². The predicted molar refractivity (Wildman–Crippen MR) is 64.8 cm³/mol. The fraction of sp³-hybridized carbons (Fsp3) is 0.500. The van der Waals surface area contributed by atoms with Gasteiger partial charge in [0.25, 0.3) is 0 Å². The second kappa shape index (κ2) is 4.96. The Balaban J connectivity index is 2.15. The molecular weight excluding hydrogens is 217 g/mol. The molecule has 0 saturated heterocycles. The van der Waals surface area contributed by atoms with Crippen molar-refractivity contribution in [3.05, 3.63) is 41.5 Å². The van der Waals surface area contributed by atoms with E-state index < -0.39 is 11.9 Å². The normalized spacial score (nSPS) is 26.5. The van der Waals surface area contributed by atoms with Crippen molar-refractivity contribution in [2.75, 3.05) is 0 Å². The molecule has 0 spiro atoms. The number of hydrogen-bond donors (Lipinski definition) is 1. The maximum atomic E-state index is 13.1. The monoisotopic (exact) mass is 235 g/mol. The first-order valence-electron chi connectivity index (χ1n) is 6.02. The lowest BCUT2D eigenvalue weighted by Gasteiger charge is -2.29. The van der Waals surface area contributed by atoms with Crippen molar-refractivity contribution in [3.8, 4) is 0 Å². The van der Waals surface area contributed by atoms with Crippen LogP contribution >= 0.6 is 0 Å². The number of aliphatic hydroxyl groups is 1. The van der Waals surface area contributed by atoms with Gasteiger partial charge in [-0.15, -0.1) is 0 Å². The van der Waals surface area contributed by atoms with Gasteiger partial charge in [-0.25, -0.2) is 4.39 Å². The van der Waals surface area contributed by atoms with Gasteiger partial charge in [-0.05, 0) is 37.7 Å². The van der Waals surface area contributed by atoms with Crippen molar-refractivity contribution in [1.82, 2.24) is 4.98 Å². The first-order valence-corrected chi connectivity index (χ1v) is 6.02. The van der Waals surface area contributed by atoms with Gasteiger partial charge in [-0.2, -0.15) is 0 Å². The van der Waals surface area contributed by atoms with Gasteiger partial charge in [0.15, 0.2) is 0 Å². The molecule has 1 aliphatic rings. The number of aromatic nitrogens is 1. The Hall–Kier alpha value is -1.22. The smallest absolute Gasteiger partial charge is 0.141 e. The Bertz CT molecular complexity index is 430. The Morgan fingerprint density at radius 1 is 1.47 bits per heavy atom. The van der Waals surface area contributed by atoms with E-state index in [4.69, 9.17) is 0 Å².